The van der Waals surface area contributed by atoms with Gasteiger partial charge in [-0.3, -0.25) is 4.79 Å². The molecule has 0 aliphatic carbocycles. The average Bonchev–Trinajstić information content (AvgIpc) is 2.96. The normalized spacial score (nSPS) is 16.5. The molecule has 1 saturated heterocycles. The Hall–Kier alpha value is -2.37. The minimum absolute atomic E-state index is 0.0270. The van der Waals surface area contributed by atoms with E-state index in [1.807, 2.05) is 17.0 Å². The zero-order valence-corrected chi connectivity index (χ0v) is 16.5. The van der Waals surface area contributed by atoms with Gasteiger partial charge in [-0.1, -0.05) is 42.5 Å². The third kappa shape index (κ3) is 6.08. The molecule has 0 unspecified atom stereocenters. The molecule has 1 aliphatic heterocycles. The van der Waals surface area contributed by atoms with Crippen LogP contribution in [0.5, 0.6) is 5.75 Å². The van der Waals surface area contributed by atoms with Crippen molar-refractivity contribution in [3.63, 3.8) is 0 Å². The Morgan fingerprint density at radius 2 is 1.71 bits per heavy atom. The SMILES string of the molecule is N[C@@H](Cc1ccc(O)cc1)C(=O)N1CCCN(CCCc2ccccc2)CC1. The van der Waals surface area contributed by atoms with E-state index < -0.39 is 6.04 Å². The first kappa shape index (κ1) is 20.4. The molecule has 2 aromatic rings. The van der Waals surface area contributed by atoms with Crippen molar-refractivity contribution in [2.75, 3.05) is 32.7 Å². The van der Waals surface area contributed by atoms with Gasteiger partial charge in [0, 0.05) is 19.6 Å². The highest BCUT2D eigenvalue weighted by molar-refractivity contribution is 5.82. The van der Waals surface area contributed by atoms with Gasteiger partial charge in [-0.15, -0.1) is 0 Å². The summed E-state index contributed by atoms with van der Waals surface area (Å²) >= 11 is 0. The number of hydrogen-bond acceptors (Lipinski definition) is 4. The molecule has 1 amide bonds. The van der Waals surface area contributed by atoms with Crippen LogP contribution in [0.15, 0.2) is 54.6 Å². The molecule has 28 heavy (non-hydrogen) atoms. The molecule has 0 bridgehead atoms. The van der Waals surface area contributed by atoms with E-state index in [1.54, 1.807) is 12.1 Å². The van der Waals surface area contributed by atoms with Crippen LogP contribution in [0.25, 0.3) is 0 Å². The van der Waals surface area contributed by atoms with E-state index in [4.69, 9.17) is 5.73 Å². The lowest BCUT2D eigenvalue weighted by Gasteiger charge is -2.25. The highest BCUT2D eigenvalue weighted by atomic mass is 16.3. The standard InChI is InChI=1S/C23H31N3O2/c24-22(18-20-9-11-21(27)12-10-20)23(28)26-15-5-14-25(16-17-26)13-4-8-19-6-2-1-3-7-19/h1-3,6-7,9-12,22,27H,4-5,8,13-18,24H2/t22-/m0/s1. The molecule has 150 valence electrons. The summed E-state index contributed by atoms with van der Waals surface area (Å²) in [6, 6.07) is 17.0. The average molecular weight is 382 g/mol. The van der Waals surface area contributed by atoms with Gasteiger partial charge in [-0.05, 0) is 62.0 Å². The molecule has 5 nitrogen and oxygen atoms in total. The van der Waals surface area contributed by atoms with Gasteiger partial charge in [-0.2, -0.15) is 0 Å². The quantitative estimate of drug-likeness (QED) is 0.773. The van der Waals surface area contributed by atoms with Crippen LogP contribution < -0.4 is 5.73 Å². The van der Waals surface area contributed by atoms with Gasteiger partial charge in [0.1, 0.15) is 5.75 Å². The summed E-state index contributed by atoms with van der Waals surface area (Å²) in [6.07, 6.45) is 3.72. The van der Waals surface area contributed by atoms with Crippen LogP contribution in [0.3, 0.4) is 0 Å². The molecular weight excluding hydrogens is 350 g/mol. The number of hydrogen-bond donors (Lipinski definition) is 2. The Morgan fingerprint density at radius 1 is 0.964 bits per heavy atom. The number of amides is 1. The van der Waals surface area contributed by atoms with Crippen molar-refractivity contribution in [3.8, 4) is 5.75 Å². The minimum atomic E-state index is -0.533. The fourth-order valence-corrected chi connectivity index (χ4v) is 3.77. The topological polar surface area (TPSA) is 69.8 Å². The number of rotatable bonds is 7. The van der Waals surface area contributed by atoms with Crippen LogP contribution in [0, 0.1) is 0 Å². The predicted molar refractivity (Wildman–Crippen MR) is 112 cm³/mol. The van der Waals surface area contributed by atoms with Crippen LogP contribution in [-0.2, 0) is 17.6 Å². The number of benzene rings is 2. The van der Waals surface area contributed by atoms with E-state index in [1.165, 1.54) is 5.56 Å². The lowest BCUT2D eigenvalue weighted by Crippen LogP contribution is -2.46. The van der Waals surface area contributed by atoms with Gasteiger partial charge in [0.25, 0.3) is 0 Å². The summed E-state index contributed by atoms with van der Waals surface area (Å²) in [5.74, 6) is 0.253. The first-order valence-corrected chi connectivity index (χ1v) is 10.2. The maximum Gasteiger partial charge on any atom is 0.239 e. The fourth-order valence-electron chi connectivity index (χ4n) is 3.77. The molecule has 1 fully saturated rings. The molecule has 0 spiro atoms. The number of carbonyl (C=O) groups excluding carboxylic acids is 1. The van der Waals surface area contributed by atoms with Crippen LogP contribution in [0.4, 0.5) is 0 Å². The van der Waals surface area contributed by atoms with Gasteiger partial charge in [0.05, 0.1) is 6.04 Å². The van der Waals surface area contributed by atoms with Crippen LogP contribution in [-0.4, -0.2) is 59.6 Å². The number of nitrogens with zero attached hydrogens (tertiary/aromatic N) is 2. The van der Waals surface area contributed by atoms with Gasteiger partial charge in [0.15, 0.2) is 0 Å². The molecule has 0 saturated carbocycles. The maximum atomic E-state index is 12.8. The van der Waals surface area contributed by atoms with Crippen LogP contribution >= 0.6 is 0 Å². The van der Waals surface area contributed by atoms with E-state index in [0.29, 0.717) is 6.42 Å². The third-order valence-corrected chi connectivity index (χ3v) is 5.39. The first-order chi connectivity index (χ1) is 13.6. The molecule has 0 aromatic heterocycles. The van der Waals surface area contributed by atoms with Crippen molar-refractivity contribution in [2.45, 2.75) is 31.7 Å². The number of phenols is 1. The maximum absolute atomic E-state index is 12.8. The Labute approximate surface area is 167 Å². The number of phenolic OH excluding ortho intramolecular Hbond substituents is 1. The van der Waals surface area contributed by atoms with E-state index >= 15 is 0 Å². The second-order valence-electron chi connectivity index (χ2n) is 7.59. The summed E-state index contributed by atoms with van der Waals surface area (Å²) in [5.41, 5.74) is 8.53. The molecule has 1 atom stereocenters. The summed E-state index contributed by atoms with van der Waals surface area (Å²) in [7, 11) is 0. The van der Waals surface area contributed by atoms with Gasteiger partial charge < -0.3 is 20.6 Å². The molecule has 0 radical (unpaired) electrons. The Balaban J connectivity index is 1.43. The summed E-state index contributed by atoms with van der Waals surface area (Å²) < 4.78 is 0. The fraction of sp³-hybridized carbons (Fsp3) is 0.435. The van der Waals surface area contributed by atoms with Crippen molar-refractivity contribution >= 4 is 5.91 Å². The Kier molecular flexibility index (Phi) is 7.46. The zero-order valence-electron chi connectivity index (χ0n) is 16.5. The van der Waals surface area contributed by atoms with Crippen molar-refractivity contribution in [2.24, 2.45) is 5.73 Å². The Bertz CT molecular complexity index is 733. The first-order valence-electron chi connectivity index (χ1n) is 10.2. The lowest BCUT2D eigenvalue weighted by atomic mass is 10.1. The van der Waals surface area contributed by atoms with E-state index in [0.717, 1.165) is 57.5 Å². The number of aromatic hydroxyl groups is 1. The van der Waals surface area contributed by atoms with Crippen LogP contribution in [0.2, 0.25) is 0 Å². The lowest BCUT2D eigenvalue weighted by molar-refractivity contribution is -0.132. The monoisotopic (exact) mass is 381 g/mol. The predicted octanol–water partition coefficient (Wildman–Crippen LogP) is 2.43. The van der Waals surface area contributed by atoms with Crippen LogP contribution in [0.1, 0.15) is 24.0 Å². The number of aryl methyl sites for hydroxylation is 1. The highest BCUT2D eigenvalue weighted by Gasteiger charge is 2.23. The molecule has 1 heterocycles. The number of nitrogens with two attached hydrogens (primary N) is 1. The summed E-state index contributed by atoms with van der Waals surface area (Å²) in [6.45, 7) is 4.53. The van der Waals surface area contributed by atoms with Crippen molar-refractivity contribution in [1.29, 1.82) is 0 Å². The highest BCUT2D eigenvalue weighted by Crippen LogP contribution is 2.13. The van der Waals surface area contributed by atoms with E-state index in [9.17, 15) is 9.90 Å². The number of carbonyl (C=O) groups is 1. The van der Waals surface area contributed by atoms with Crippen molar-refractivity contribution in [3.05, 3.63) is 65.7 Å². The smallest absolute Gasteiger partial charge is 0.239 e. The summed E-state index contributed by atoms with van der Waals surface area (Å²) in [5, 5.41) is 9.38. The van der Waals surface area contributed by atoms with Crippen molar-refractivity contribution in [1.82, 2.24) is 9.80 Å². The zero-order chi connectivity index (χ0) is 19.8. The largest absolute Gasteiger partial charge is 0.508 e. The third-order valence-electron chi connectivity index (χ3n) is 5.39. The van der Waals surface area contributed by atoms with Crippen molar-refractivity contribution < 1.29 is 9.90 Å². The second kappa shape index (κ2) is 10.2. The summed E-state index contributed by atoms with van der Waals surface area (Å²) in [4.78, 5) is 17.1. The van der Waals surface area contributed by atoms with Gasteiger partial charge in [0.2, 0.25) is 5.91 Å². The molecule has 1 aliphatic rings. The molecule has 3 rings (SSSR count). The van der Waals surface area contributed by atoms with E-state index in [-0.39, 0.29) is 11.7 Å². The molecule has 2 aromatic carbocycles. The molecule has 5 heteroatoms. The minimum Gasteiger partial charge on any atom is -0.508 e. The molecular formula is C23H31N3O2. The van der Waals surface area contributed by atoms with Gasteiger partial charge in [-0.25, -0.2) is 0 Å². The Morgan fingerprint density at radius 3 is 2.46 bits per heavy atom. The molecule has 3 N–H and O–H groups in total. The van der Waals surface area contributed by atoms with Gasteiger partial charge >= 0.3 is 0 Å². The second-order valence-corrected chi connectivity index (χ2v) is 7.59. The van der Waals surface area contributed by atoms with E-state index in [2.05, 4.69) is 35.2 Å².